The van der Waals surface area contributed by atoms with Gasteiger partial charge in [-0.2, -0.15) is 5.26 Å². The Balaban J connectivity index is 2.39. The standard InChI is InChI=1S/C7H6N2O2S/c8-4-1-5-12-9-6(10)2-3-7(9)11/h2-3H,1,5H2. The first-order chi connectivity index (χ1) is 5.75. The van der Waals surface area contributed by atoms with Gasteiger partial charge in [0.1, 0.15) is 0 Å². The first-order valence-corrected chi connectivity index (χ1v) is 4.26. The van der Waals surface area contributed by atoms with E-state index in [0.717, 1.165) is 16.3 Å². The highest BCUT2D eigenvalue weighted by Gasteiger charge is 2.23. The number of carbonyl (C=O) groups excluding carboxylic acids is 2. The summed E-state index contributed by atoms with van der Waals surface area (Å²) in [5, 5.41) is 8.20. The molecule has 0 atom stereocenters. The van der Waals surface area contributed by atoms with Crippen LogP contribution in [0.2, 0.25) is 0 Å². The average molecular weight is 182 g/mol. The topological polar surface area (TPSA) is 61.2 Å². The minimum absolute atomic E-state index is 0.317. The van der Waals surface area contributed by atoms with E-state index < -0.39 is 0 Å². The molecule has 1 aliphatic heterocycles. The van der Waals surface area contributed by atoms with Gasteiger partial charge < -0.3 is 0 Å². The van der Waals surface area contributed by atoms with E-state index in [1.807, 2.05) is 6.07 Å². The van der Waals surface area contributed by atoms with Gasteiger partial charge in [0.05, 0.1) is 6.07 Å². The van der Waals surface area contributed by atoms with Gasteiger partial charge in [-0.3, -0.25) is 9.59 Å². The molecule has 0 N–H and O–H groups in total. The van der Waals surface area contributed by atoms with Gasteiger partial charge in [0.15, 0.2) is 0 Å². The van der Waals surface area contributed by atoms with Gasteiger partial charge in [-0.15, -0.1) is 0 Å². The van der Waals surface area contributed by atoms with Crippen molar-refractivity contribution in [3.63, 3.8) is 0 Å². The highest BCUT2D eigenvalue weighted by atomic mass is 32.2. The third kappa shape index (κ3) is 1.86. The van der Waals surface area contributed by atoms with Gasteiger partial charge in [-0.25, -0.2) is 4.31 Å². The number of hydrogen-bond donors (Lipinski definition) is 0. The number of hydrogen-bond acceptors (Lipinski definition) is 4. The van der Waals surface area contributed by atoms with Gasteiger partial charge in [0.25, 0.3) is 11.8 Å². The lowest BCUT2D eigenvalue weighted by molar-refractivity contribution is -0.130. The van der Waals surface area contributed by atoms with E-state index in [1.54, 1.807) is 0 Å². The summed E-state index contributed by atoms with van der Waals surface area (Å²) in [5.74, 6) is -0.166. The van der Waals surface area contributed by atoms with E-state index in [0.29, 0.717) is 12.2 Å². The molecule has 5 heteroatoms. The molecule has 0 spiro atoms. The molecule has 0 unspecified atom stereocenters. The zero-order valence-electron chi connectivity index (χ0n) is 6.19. The summed E-state index contributed by atoms with van der Waals surface area (Å²) in [4.78, 5) is 21.8. The Morgan fingerprint density at radius 2 is 2.00 bits per heavy atom. The molecule has 4 nitrogen and oxygen atoms in total. The van der Waals surface area contributed by atoms with Crippen LogP contribution in [-0.2, 0) is 9.59 Å². The van der Waals surface area contributed by atoms with Crippen molar-refractivity contribution in [2.45, 2.75) is 6.42 Å². The first-order valence-electron chi connectivity index (χ1n) is 3.31. The van der Waals surface area contributed by atoms with Crippen molar-refractivity contribution in [1.29, 1.82) is 5.26 Å². The molecule has 2 amide bonds. The molecule has 1 rings (SSSR count). The average Bonchev–Trinajstić information content (AvgIpc) is 2.35. The third-order valence-corrected chi connectivity index (χ3v) is 2.21. The molecule has 0 aromatic carbocycles. The van der Waals surface area contributed by atoms with E-state index in [-0.39, 0.29) is 11.8 Å². The number of amides is 2. The van der Waals surface area contributed by atoms with Crippen LogP contribution >= 0.6 is 11.9 Å². The number of nitrogens with zero attached hydrogens (tertiary/aromatic N) is 2. The number of carbonyl (C=O) groups is 2. The van der Waals surface area contributed by atoms with Gasteiger partial charge in [0, 0.05) is 24.3 Å². The SMILES string of the molecule is N#CCCSN1C(=O)C=CC1=O. The highest BCUT2D eigenvalue weighted by Crippen LogP contribution is 2.16. The lowest BCUT2D eigenvalue weighted by Crippen LogP contribution is -2.22. The summed E-state index contributed by atoms with van der Waals surface area (Å²) >= 11 is 1.07. The first kappa shape index (κ1) is 8.81. The molecule has 0 saturated heterocycles. The lowest BCUT2D eigenvalue weighted by atomic mass is 10.6. The maximum Gasteiger partial charge on any atom is 0.263 e. The van der Waals surface area contributed by atoms with Gasteiger partial charge in [-0.05, 0) is 11.9 Å². The largest absolute Gasteiger partial charge is 0.268 e. The van der Waals surface area contributed by atoms with Crippen LogP contribution in [0.3, 0.4) is 0 Å². The minimum Gasteiger partial charge on any atom is -0.268 e. The fraction of sp³-hybridized carbons (Fsp3) is 0.286. The van der Waals surface area contributed by atoms with Crippen LogP contribution in [0.15, 0.2) is 12.2 Å². The van der Waals surface area contributed by atoms with E-state index in [9.17, 15) is 9.59 Å². The molecular weight excluding hydrogens is 176 g/mol. The highest BCUT2D eigenvalue weighted by molar-refractivity contribution is 7.98. The van der Waals surface area contributed by atoms with Gasteiger partial charge >= 0.3 is 0 Å². The molecule has 0 aromatic heterocycles. The summed E-state index contributed by atoms with van der Waals surface area (Å²) in [6.45, 7) is 0. The third-order valence-electron chi connectivity index (χ3n) is 1.20. The Labute approximate surface area is 74.0 Å². The molecule has 0 aromatic rings. The van der Waals surface area contributed by atoms with E-state index in [4.69, 9.17) is 5.26 Å². The Morgan fingerprint density at radius 1 is 1.42 bits per heavy atom. The number of nitriles is 1. The van der Waals surface area contributed by atoms with E-state index in [1.165, 1.54) is 12.2 Å². The van der Waals surface area contributed by atoms with Crippen LogP contribution in [0, 0.1) is 11.3 Å². The fourth-order valence-corrected chi connectivity index (χ4v) is 1.44. The zero-order valence-corrected chi connectivity index (χ0v) is 7.00. The molecule has 1 aliphatic rings. The van der Waals surface area contributed by atoms with Crippen molar-refractivity contribution >= 4 is 23.8 Å². The smallest absolute Gasteiger partial charge is 0.263 e. The van der Waals surface area contributed by atoms with Gasteiger partial charge in [0.2, 0.25) is 0 Å². The quantitative estimate of drug-likeness (QED) is 0.361. The normalized spacial score (nSPS) is 15.4. The molecular formula is C7H6N2O2S. The Morgan fingerprint density at radius 3 is 2.50 bits per heavy atom. The Hall–Kier alpha value is -1.28. The second-order valence-corrected chi connectivity index (χ2v) is 3.08. The van der Waals surface area contributed by atoms with Crippen molar-refractivity contribution in [1.82, 2.24) is 4.31 Å². The molecule has 62 valence electrons. The van der Waals surface area contributed by atoms with Crippen LogP contribution in [0.1, 0.15) is 6.42 Å². The van der Waals surface area contributed by atoms with Crippen molar-refractivity contribution in [3.8, 4) is 6.07 Å². The number of imide groups is 1. The van der Waals surface area contributed by atoms with Crippen LogP contribution in [-0.4, -0.2) is 21.9 Å². The molecule has 0 aliphatic carbocycles. The van der Waals surface area contributed by atoms with Crippen molar-refractivity contribution in [3.05, 3.63) is 12.2 Å². The molecule has 1 heterocycles. The lowest BCUT2D eigenvalue weighted by Gasteiger charge is -2.09. The Bertz CT molecular complexity index is 262. The molecule has 0 bridgehead atoms. The number of rotatable bonds is 3. The summed E-state index contributed by atoms with van der Waals surface area (Å²) in [7, 11) is 0. The summed E-state index contributed by atoms with van der Waals surface area (Å²) in [6, 6.07) is 1.93. The van der Waals surface area contributed by atoms with E-state index >= 15 is 0 Å². The van der Waals surface area contributed by atoms with Gasteiger partial charge in [-0.1, -0.05) is 0 Å². The monoisotopic (exact) mass is 182 g/mol. The van der Waals surface area contributed by atoms with Crippen molar-refractivity contribution in [2.24, 2.45) is 0 Å². The predicted molar refractivity (Wildman–Crippen MR) is 43.7 cm³/mol. The summed E-state index contributed by atoms with van der Waals surface area (Å²) in [6.07, 6.45) is 2.78. The summed E-state index contributed by atoms with van der Waals surface area (Å²) < 4.78 is 1.05. The minimum atomic E-state index is -0.317. The second kappa shape index (κ2) is 3.93. The van der Waals surface area contributed by atoms with Crippen LogP contribution in [0.25, 0.3) is 0 Å². The molecule has 0 fully saturated rings. The van der Waals surface area contributed by atoms with Crippen LogP contribution in [0.5, 0.6) is 0 Å². The Kier molecular flexibility index (Phi) is 2.88. The van der Waals surface area contributed by atoms with Crippen molar-refractivity contribution < 1.29 is 9.59 Å². The molecule has 0 saturated carbocycles. The summed E-state index contributed by atoms with van der Waals surface area (Å²) in [5.41, 5.74) is 0. The molecule has 12 heavy (non-hydrogen) atoms. The van der Waals surface area contributed by atoms with Crippen LogP contribution < -0.4 is 0 Å². The fourth-order valence-electron chi connectivity index (χ4n) is 0.696. The van der Waals surface area contributed by atoms with Crippen LogP contribution in [0.4, 0.5) is 0 Å². The van der Waals surface area contributed by atoms with E-state index in [2.05, 4.69) is 0 Å². The second-order valence-electron chi connectivity index (χ2n) is 2.05. The predicted octanol–water partition coefficient (Wildman–Crippen LogP) is 0.473. The zero-order chi connectivity index (χ0) is 8.97. The molecule has 0 radical (unpaired) electrons. The maximum absolute atomic E-state index is 10.9. The maximum atomic E-state index is 10.9. The van der Waals surface area contributed by atoms with Crippen molar-refractivity contribution in [2.75, 3.05) is 5.75 Å².